The van der Waals surface area contributed by atoms with Gasteiger partial charge in [0.1, 0.15) is 11.3 Å². The number of carbonyl (C=O) groups excluding carboxylic acids is 3. The van der Waals surface area contributed by atoms with Gasteiger partial charge in [-0.05, 0) is 38.5 Å². The molecule has 1 N–H and O–H groups in total. The summed E-state index contributed by atoms with van der Waals surface area (Å²) in [7, 11) is 0. The highest BCUT2D eigenvalue weighted by Gasteiger charge is 2.24. The fourth-order valence-electron chi connectivity index (χ4n) is 3.05. The number of fused-ring (bicyclic) bond motifs is 1. The number of aryl methyl sites for hydroxylation is 1. The van der Waals surface area contributed by atoms with Crippen molar-refractivity contribution >= 4 is 28.7 Å². The molecule has 2 aromatic heterocycles. The Bertz CT molecular complexity index is 1170. The lowest BCUT2D eigenvalue weighted by molar-refractivity contribution is 0.0443. The molecule has 0 atom stereocenters. The van der Waals surface area contributed by atoms with Crippen LogP contribution in [0.2, 0.25) is 0 Å². The summed E-state index contributed by atoms with van der Waals surface area (Å²) in [5.74, 6) is -2.29. The standard InChI is InChI=1S/C21H19NO7/c1-4-27-21(26)19-11(2)18(12(3)22-19)15(24)10-28-20(25)17-9-14(23)13-7-5-6-8-16(13)29-17/h5-9,22H,4,10H2,1-3H3. The van der Waals surface area contributed by atoms with Gasteiger partial charge in [0.05, 0.1) is 12.0 Å². The van der Waals surface area contributed by atoms with Crippen LogP contribution in [0.4, 0.5) is 0 Å². The van der Waals surface area contributed by atoms with Crippen LogP contribution < -0.4 is 5.43 Å². The second kappa shape index (κ2) is 8.14. The van der Waals surface area contributed by atoms with Gasteiger partial charge in [0.2, 0.25) is 11.5 Å². The second-order valence-corrected chi connectivity index (χ2v) is 6.32. The van der Waals surface area contributed by atoms with Crippen molar-refractivity contribution in [2.45, 2.75) is 20.8 Å². The maximum absolute atomic E-state index is 12.6. The van der Waals surface area contributed by atoms with Crippen LogP contribution in [0.15, 0.2) is 39.5 Å². The summed E-state index contributed by atoms with van der Waals surface area (Å²) < 4.78 is 15.4. The Kier molecular flexibility index (Phi) is 5.63. The molecule has 8 heteroatoms. The van der Waals surface area contributed by atoms with Gasteiger partial charge in [0.15, 0.2) is 12.0 Å². The molecular weight excluding hydrogens is 378 g/mol. The third kappa shape index (κ3) is 3.96. The number of rotatable bonds is 6. The Balaban J connectivity index is 1.77. The molecule has 0 spiro atoms. The first-order valence-corrected chi connectivity index (χ1v) is 8.93. The monoisotopic (exact) mass is 397 g/mol. The molecule has 1 aromatic carbocycles. The van der Waals surface area contributed by atoms with Crippen LogP contribution in [0, 0.1) is 13.8 Å². The SMILES string of the molecule is CCOC(=O)c1[nH]c(C)c(C(=O)COC(=O)c2cc(=O)c3ccccc3o2)c1C. The Morgan fingerprint density at radius 2 is 1.79 bits per heavy atom. The third-order valence-corrected chi connectivity index (χ3v) is 4.37. The quantitative estimate of drug-likeness (QED) is 0.502. The maximum Gasteiger partial charge on any atom is 0.374 e. The van der Waals surface area contributed by atoms with E-state index in [9.17, 15) is 19.2 Å². The molecule has 8 nitrogen and oxygen atoms in total. The summed E-state index contributed by atoms with van der Waals surface area (Å²) in [6.45, 7) is 4.55. The summed E-state index contributed by atoms with van der Waals surface area (Å²) >= 11 is 0. The molecule has 0 fully saturated rings. The van der Waals surface area contributed by atoms with E-state index >= 15 is 0 Å². The van der Waals surface area contributed by atoms with Gasteiger partial charge >= 0.3 is 11.9 Å². The number of aromatic nitrogens is 1. The average Bonchev–Trinajstić information content (AvgIpc) is 3.00. The largest absolute Gasteiger partial charge is 0.461 e. The fourth-order valence-corrected chi connectivity index (χ4v) is 3.05. The number of H-pyrrole nitrogens is 1. The number of Topliss-reactive ketones (excluding diaryl/α,β-unsaturated/α-hetero) is 1. The van der Waals surface area contributed by atoms with Gasteiger partial charge in [-0.3, -0.25) is 9.59 Å². The highest BCUT2D eigenvalue weighted by molar-refractivity contribution is 6.04. The van der Waals surface area contributed by atoms with Crippen molar-refractivity contribution in [1.82, 2.24) is 4.98 Å². The van der Waals surface area contributed by atoms with Crippen LogP contribution in [-0.4, -0.2) is 35.9 Å². The smallest absolute Gasteiger partial charge is 0.374 e. The maximum atomic E-state index is 12.6. The van der Waals surface area contributed by atoms with Crippen molar-refractivity contribution in [3.63, 3.8) is 0 Å². The summed E-state index contributed by atoms with van der Waals surface area (Å²) in [6, 6.07) is 7.52. The number of ether oxygens (including phenoxy) is 2. The predicted octanol–water partition coefficient (Wildman–Crippen LogP) is 2.95. The van der Waals surface area contributed by atoms with Gasteiger partial charge < -0.3 is 18.9 Å². The Labute approximate surface area is 165 Å². The minimum atomic E-state index is -0.933. The average molecular weight is 397 g/mol. The second-order valence-electron chi connectivity index (χ2n) is 6.32. The van der Waals surface area contributed by atoms with Gasteiger partial charge in [0.25, 0.3) is 0 Å². The summed E-state index contributed by atoms with van der Waals surface area (Å²) in [4.78, 5) is 51.7. The molecule has 0 saturated heterocycles. The number of esters is 2. The fraction of sp³-hybridized carbons (Fsp3) is 0.238. The van der Waals surface area contributed by atoms with Gasteiger partial charge in [0, 0.05) is 17.3 Å². The summed E-state index contributed by atoms with van der Waals surface area (Å²) in [5, 5.41) is 0.338. The Hall–Kier alpha value is -3.68. The zero-order valence-corrected chi connectivity index (χ0v) is 16.2. The first-order chi connectivity index (χ1) is 13.8. The number of carbonyl (C=O) groups is 3. The number of aromatic amines is 1. The number of nitrogens with one attached hydrogen (secondary N) is 1. The van der Waals surface area contributed by atoms with Crippen LogP contribution in [-0.2, 0) is 9.47 Å². The number of ketones is 1. The van der Waals surface area contributed by atoms with Gasteiger partial charge in [-0.2, -0.15) is 0 Å². The van der Waals surface area contributed by atoms with Crippen LogP contribution in [0.3, 0.4) is 0 Å². The lowest BCUT2D eigenvalue weighted by atomic mass is 10.1. The molecule has 0 aliphatic carbocycles. The van der Waals surface area contributed by atoms with E-state index in [1.54, 1.807) is 45.0 Å². The normalized spacial score (nSPS) is 10.7. The van der Waals surface area contributed by atoms with Crippen molar-refractivity contribution in [3.05, 3.63) is 68.8 Å². The predicted molar refractivity (Wildman–Crippen MR) is 103 cm³/mol. The molecule has 3 aromatic rings. The molecule has 0 bridgehead atoms. The lowest BCUT2D eigenvalue weighted by Gasteiger charge is -2.06. The van der Waals surface area contributed by atoms with Gasteiger partial charge in [-0.1, -0.05) is 12.1 Å². The molecule has 0 radical (unpaired) electrons. The molecule has 3 rings (SSSR count). The van der Waals surface area contributed by atoms with Crippen LogP contribution in [0.25, 0.3) is 11.0 Å². The van der Waals surface area contributed by atoms with E-state index in [0.717, 1.165) is 6.07 Å². The van der Waals surface area contributed by atoms with Crippen molar-refractivity contribution in [3.8, 4) is 0 Å². The topological polar surface area (TPSA) is 116 Å². The van der Waals surface area contributed by atoms with E-state index in [2.05, 4.69) is 4.98 Å². The van der Waals surface area contributed by atoms with Crippen molar-refractivity contribution in [2.24, 2.45) is 0 Å². The zero-order chi connectivity index (χ0) is 21.1. The van der Waals surface area contributed by atoms with E-state index in [-0.39, 0.29) is 34.6 Å². The Morgan fingerprint density at radius 3 is 2.52 bits per heavy atom. The molecule has 0 amide bonds. The van der Waals surface area contributed by atoms with Crippen molar-refractivity contribution in [2.75, 3.05) is 13.2 Å². The molecule has 29 heavy (non-hydrogen) atoms. The van der Waals surface area contributed by atoms with Gasteiger partial charge in [-0.25, -0.2) is 9.59 Å². The first kappa shape index (κ1) is 20.1. The number of hydrogen-bond acceptors (Lipinski definition) is 7. The molecule has 0 unspecified atom stereocenters. The van der Waals surface area contributed by atoms with E-state index in [1.165, 1.54) is 0 Å². The molecule has 0 aliphatic heterocycles. The minimum Gasteiger partial charge on any atom is -0.461 e. The number of benzene rings is 1. The third-order valence-electron chi connectivity index (χ3n) is 4.37. The minimum absolute atomic E-state index is 0.180. The molecule has 150 valence electrons. The van der Waals surface area contributed by atoms with Gasteiger partial charge in [-0.15, -0.1) is 0 Å². The molecular formula is C21H19NO7. The Morgan fingerprint density at radius 1 is 1.07 bits per heavy atom. The van der Waals surface area contributed by atoms with Crippen molar-refractivity contribution < 1.29 is 28.3 Å². The lowest BCUT2D eigenvalue weighted by Crippen LogP contribution is -2.17. The first-order valence-electron chi connectivity index (χ1n) is 8.93. The number of hydrogen-bond donors (Lipinski definition) is 1. The summed E-state index contributed by atoms with van der Waals surface area (Å²) in [5.41, 5.74) is 1.17. The van der Waals surface area contributed by atoms with E-state index < -0.39 is 24.3 Å². The van der Waals surface area contributed by atoms with Crippen LogP contribution >= 0.6 is 0 Å². The highest BCUT2D eigenvalue weighted by Crippen LogP contribution is 2.20. The van der Waals surface area contributed by atoms with E-state index in [4.69, 9.17) is 13.9 Å². The summed E-state index contributed by atoms with van der Waals surface area (Å²) in [6.07, 6.45) is 0. The van der Waals surface area contributed by atoms with Crippen LogP contribution in [0.5, 0.6) is 0 Å². The molecule has 2 heterocycles. The number of para-hydroxylation sites is 1. The molecule has 0 saturated carbocycles. The molecule has 0 aliphatic rings. The van der Waals surface area contributed by atoms with E-state index in [0.29, 0.717) is 16.6 Å². The van der Waals surface area contributed by atoms with Crippen LogP contribution in [0.1, 0.15) is 49.6 Å². The zero-order valence-electron chi connectivity index (χ0n) is 16.2. The highest BCUT2D eigenvalue weighted by atomic mass is 16.5. The van der Waals surface area contributed by atoms with Crippen molar-refractivity contribution in [1.29, 1.82) is 0 Å². The van der Waals surface area contributed by atoms with E-state index in [1.807, 2.05) is 0 Å².